The Labute approximate surface area is 120 Å². The summed E-state index contributed by atoms with van der Waals surface area (Å²) in [6, 6.07) is 12.3. The minimum absolute atomic E-state index is 0.802. The molecule has 0 spiro atoms. The lowest BCUT2D eigenvalue weighted by Crippen LogP contribution is -2.07. The minimum atomic E-state index is 0.802. The number of ether oxygens (including phenoxy) is 2. The normalized spacial score (nSPS) is 10.4. The number of hydrogen-bond donors (Lipinski definition) is 1. The third kappa shape index (κ3) is 2.78. The van der Waals surface area contributed by atoms with Gasteiger partial charge >= 0.3 is 0 Å². The first-order valence-electron chi connectivity index (χ1n) is 6.66. The van der Waals surface area contributed by atoms with Gasteiger partial charge in [-0.25, -0.2) is 0 Å². The molecule has 0 radical (unpaired) electrons. The van der Waals surface area contributed by atoms with E-state index in [1.54, 1.807) is 14.2 Å². The molecule has 0 bridgehead atoms. The van der Waals surface area contributed by atoms with Gasteiger partial charge in [-0.3, -0.25) is 0 Å². The maximum absolute atomic E-state index is 5.51. The zero-order valence-corrected chi connectivity index (χ0v) is 12.5. The van der Waals surface area contributed by atoms with Crippen molar-refractivity contribution in [3.8, 4) is 22.6 Å². The van der Waals surface area contributed by atoms with Crippen LogP contribution in [0.15, 0.2) is 36.4 Å². The van der Waals surface area contributed by atoms with Crippen molar-refractivity contribution in [1.29, 1.82) is 0 Å². The molecule has 20 heavy (non-hydrogen) atoms. The van der Waals surface area contributed by atoms with Crippen LogP contribution in [0, 0.1) is 6.92 Å². The highest BCUT2D eigenvalue weighted by Gasteiger charge is 2.15. The van der Waals surface area contributed by atoms with E-state index in [1.807, 2.05) is 25.2 Å². The van der Waals surface area contributed by atoms with Gasteiger partial charge in [0.15, 0.2) is 0 Å². The van der Waals surface area contributed by atoms with Crippen LogP contribution in [0.5, 0.6) is 11.5 Å². The Bertz CT molecular complexity index is 571. The van der Waals surface area contributed by atoms with Crippen molar-refractivity contribution in [2.24, 2.45) is 0 Å². The van der Waals surface area contributed by atoms with E-state index < -0.39 is 0 Å². The van der Waals surface area contributed by atoms with E-state index in [0.717, 1.165) is 29.2 Å². The summed E-state index contributed by atoms with van der Waals surface area (Å²) in [5, 5.41) is 3.21. The largest absolute Gasteiger partial charge is 0.496 e. The fourth-order valence-electron chi connectivity index (χ4n) is 2.38. The summed E-state index contributed by atoms with van der Waals surface area (Å²) in [5.74, 6) is 1.65. The fraction of sp³-hybridized carbons (Fsp3) is 0.294. The zero-order chi connectivity index (χ0) is 14.5. The predicted molar refractivity (Wildman–Crippen MR) is 82.5 cm³/mol. The molecule has 106 valence electrons. The minimum Gasteiger partial charge on any atom is -0.496 e. The van der Waals surface area contributed by atoms with Crippen molar-refractivity contribution in [2.45, 2.75) is 13.5 Å². The third-order valence-corrected chi connectivity index (χ3v) is 3.33. The summed E-state index contributed by atoms with van der Waals surface area (Å²) in [7, 11) is 5.32. The predicted octanol–water partition coefficient (Wildman–Crippen LogP) is 3.40. The Hall–Kier alpha value is -2.00. The first-order valence-corrected chi connectivity index (χ1v) is 6.66. The monoisotopic (exact) mass is 271 g/mol. The van der Waals surface area contributed by atoms with Crippen molar-refractivity contribution < 1.29 is 9.47 Å². The van der Waals surface area contributed by atoms with Gasteiger partial charge in [-0.05, 0) is 37.2 Å². The molecular weight excluding hydrogens is 250 g/mol. The molecule has 3 heteroatoms. The highest BCUT2D eigenvalue weighted by molar-refractivity contribution is 5.79. The van der Waals surface area contributed by atoms with Gasteiger partial charge in [-0.15, -0.1) is 0 Å². The molecule has 0 unspecified atom stereocenters. The molecule has 0 saturated carbocycles. The summed E-state index contributed by atoms with van der Waals surface area (Å²) < 4.78 is 11.0. The number of methoxy groups -OCH3 is 2. The first-order chi connectivity index (χ1) is 9.71. The second-order valence-electron chi connectivity index (χ2n) is 4.73. The molecule has 2 aromatic carbocycles. The van der Waals surface area contributed by atoms with Crippen molar-refractivity contribution in [3.63, 3.8) is 0 Å². The van der Waals surface area contributed by atoms with Crippen molar-refractivity contribution in [2.75, 3.05) is 21.3 Å². The molecule has 0 aliphatic heterocycles. The summed E-state index contributed by atoms with van der Waals surface area (Å²) >= 11 is 0. The summed E-state index contributed by atoms with van der Waals surface area (Å²) in [6.45, 7) is 2.89. The fourth-order valence-corrected chi connectivity index (χ4v) is 2.38. The lowest BCUT2D eigenvalue weighted by atomic mass is 9.96. The van der Waals surface area contributed by atoms with E-state index in [-0.39, 0.29) is 0 Å². The van der Waals surface area contributed by atoms with Gasteiger partial charge < -0.3 is 14.8 Å². The van der Waals surface area contributed by atoms with Crippen LogP contribution in [0.2, 0.25) is 0 Å². The van der Waals surface area contributed by atoms with Crippen LogP contribution < -0.4 is 14.8 Å². The number of aryl methyl sites for hydroxylation is 1. The Balaban J connectivity index is 2.69. The van der Waals surface area contributed by atoms with Crippen LogP contribution in [0.4, 0.5) is 0 Å². The second-order valence-corrected chi connectivity index (χ2v) is 4.73. The topological polar surface area (TPSA) is 30.5 Å². The Morgan fingerprint density at radius 2 is 1.65 bits per heavy atom. The van der Waals surface area contributed by atoms with E-state index in [2.05, 4.69) is 30.4 Å². The lowest BCUT2D eigenvalue weighted by Gasteiger charge is -2.17. The molecule has 0 amide bonds. The Kier molecular flexibility index (Phi) is 4.64. The number of benzene rings is 2. The van der Waals surface area contributed by atoms with Crippen LogP contribution in [-0.4, -0.2) is 21.3 Å². The Morgan fingerprint density at radius 1 is 1.00 bits per heavy atom. The quantitative estimate of drug-likeness (QED) is 0.904. The van der Waals surface area contributed by atoms with Crippen molar-refractivity contribution >= 4 is 0 Å². The van der Waals surface area contributed by atoms with Crippen LogP contribution in [-0.2, 0) is 6.54 Å². The van der Waals surface area contributed by atoms with Crippen molar-refractivity contribution in [3.05, 3.63) is 47.5 Å². The molecule has 0 aromatic heterocycles. The van der Waals surface area contributed by atoms with Gasteiger partial charge in [0.2, 0.25) is 0 Å². The number of nitrogens with one attached hydrogen (secondary N) is 1. The zero-order valence-electron chi connectivity index (χ0n) is 12.5. The van der Waals surface area contributed by atoms with Gasteiger partial charge in [0.05, 0.1) is 19.8 Å². The molecule has 0 fully saturated rings. The first kappa shape index (κ1) is 14.4. The van der Waals surface area contributed by atoms with E-state index in [4.69, 9.17) is 9.47 Å². The number of hydrogen-bond acceptors (Lipinski definition) is 3. The average Bonchev–Trinajstić information content (AvgIpc) is 2.48. The lowest BCUT2D eigenvalue weighted by molar-refractivity contribution is 0.397. The van der Waals surface area contributed by atoms with Crippen LogP contribution in [0.3, 0.4) is 0 Å². The summed E-state index contributed by atoms with van der Waals surface area (Å²) in [4.78, 5) is 0. The van der Waals surface area contributed by atoms with Crippen LogP contribution >= 0.6 is 0 Å². The second kappa shape index (κ2) is 6.44. The summed E-state index contributed by atoms with van der Waals surface area (Å²) in [6.07, 6.45) is 0. The van der Waals surface area contributed by atoms with E-state index >= 15 is 0 Å². The molecule has 3 nitrogen and oxygen atoms in total. The highest BCUT2D eigenvalue weighted by atomic mass is 16.5. The standard InChI is InChI=1S/C17H21NO2/c1-12-8-9-13(11-18-2)14(10-12)17-15(19-3)6-5-7-16(17)20-4/h5-10,18H,11H2,1-4H3. The maximum atomic E-state index is 5.51. The molecule has 0 heterocycles. The van der Waals surface area contributed by atoms with Crippen molar-refractivity contribution in [1.82, 2.24) is 5.32 Å². The third-order valence-electron chi connectivity index (χ3n) is 3.33. The van der Waals surface area contributed by atoms with Crippen LogP contribution in [0.25, 0.3) is 11.1 Å². The SMILES string of the molecule is CNCc1ccc(C)cc1-c1c(OC)cccc1OC. The molecule has 2 aromatic rings. The smallest absolute Gasteiger partial charge is 0.130 e. The van der Waals surface area contributed by atoms with Gasteiger partial charge in [0.1, 0.15) is 11.5 Å². The molecular formula is C17H21NO2. The maximum Gasteiger partial charge on any atom is 0.130 e. The molecule has 0 aliphatic carbocycles. The van der Waals surface area contributed by atoms with Gasteiger partial charge in [0, 0.05) is 6.54 Å². The average molecular weight is 271 g/mol. The molecule has 0 aliphatic rings. The van der Waals surface area contributed by atoms with Crippen LogP contribution in [0.1, 0.15) is 11.1 Å². The molecule has 0 atom stereocenters. The van der Waals surface area contributed by atoms with Gasteiger partial charge in [-0.2, -0.15) is 0 Å². The van der Waals surface area contributed by atoms with E-state index in [0.29, 0.717) is 0 Å². The molecule has 1 N–H and O–H groups in total. The highest BCUT2D eigenvalue weighted by Crippen LogP contribution is 2.40. The molecule has 2 rings (SSSR count). The van der Waals surface area contributed by atoms with E-state index in [9.17, 15) is 0 Å². The molecule has 0 saturated heterocycles. The Morgan fingerprint density at radius 3 is 2.20 bits per heavy atom. The van der Waals surface area contributed by atoms with Gasteiger partial charge in [0.25, 0.3) is 0 Å². The van der Waals surface area contributed by atoms with Gasteiger partial charge in [-0.1, -0.05) is 29.8 Å². The summed E-state index contributed by atoms with van der Waals surface area (Å²) in [5.41, 5.74) is 4.59. The van der Waals surface area contributed by atoms with E-state index in [1.165, 1.54) is 11.1 Å². The number of rotatable bonds is 5.